The molecule has 8 heteroatoms. The molecule has 0 atom stereocenters. The number of hydrogen-bond acceptors (Lipinski definition) is 4. The lowest BCUT2D eigenvalue weighted by molar-refractivity contribution is 0.386. The van der Waals surface area contributed by atoms with E-state index in [1.54, 1.807) is 21.7 Å². The summed E-state index contributed by atoms with van der Waals surface area (Å²) in [5.74, 6) is 0.438. The Morgan fingerprint density at radius 2 is 2.15 bits per heavy atom. The van der Waals surface area contributed by atoms with Gasteiger partial charge in [-0.1, -0.05) is 36.0 Å². The molecular formula is C19H20Cl2FN3O2. The van der Waals surface area contributed by atoms with Crippen LogP contribution in [0.4, 0.5) is 15.9 Å². The summed E-state index contributed by atoms with van der Waals surface area (Å²) in [6, 6.07) is 1.62. The molecule has 0 amide bonds. The van der Waals surface area contributed by atoms with Crippen molar-refractivity contribution in [2.45, 2.75) is 38.6 Å². The molecule has 2 aliphatic rings. The molecule has 27 heavy (non-hydrogen) atoms. The zero-order chi connectivity index (χ0) is 19.1. The number of methoxy groups -OCH3 is 1. The Hall–Kier alpha value is -1.79. The predicted molar refractivity (Wildman–Crippen MR) is 104 cm³/mol. The van der Waals surface area contributed by atoms with Crippen LogP contribution >= 0.6 is 23.2 Å². The van der Waals surface area contributed by atoms with E-state index in [9.17, 15) is 9.18 Å². The smallest absolute Gasteiger partial charge is 0.293 e. The molecule has 0 bridgehead atoms. The number of aromatic nitrogens is 2. The molecule has 4 rings (SSSR count). The Kier molecular flexibility index (Phi) is 5.03. The van der Waals surface area contributed by atoms with Crippen LogP contribution in [0.1, 0.15) is 31.2 Å². The summed E-state index contributed by atoms with van der Waals surface area (Å²) in [6.07, 6.45) is 6.79. The molecule has 1 fully saturated rings. The first kappa shape index (κ1) is 18.6. The number of halogens is 3. The molecular weight excluding hydrogens is 392 g/mol. The Morgan fingerprint density at radius 3 is 2.85 bits per heavy atom. The van der Waals surface area contributed by atoms with Crippen molar-refractivity contribution in [2.75, 3.05) is 18.6 Å². The number of nitrogens with zero attached hydrogens (tertiary/aromatic N) is 3. The zero-order valence-corrected chi connectivity index (χ0v) is 16.5. The van der Waals surface area contributed by atoms with Crippen LogP contribution in [0, 0.1) is 11.7 Å². The van der Waals surface area contributed by atoms with Gasteiger partial charge in [0.25, 0.3) is 5.56 Å². The van der Waals surface area contributed by atoms with Crippen molar-refractivity contribution in [3.63, 3.8) is 0 Å². The molecule has 0 unspecified atom stereocenters. The van der Waals surface area contributed by atoms with E-state index in [1.165, 1.54) is 20.0 Å². The number of fused-ring (bicyclic) bond motifs is 1. The van der Waals surface area contributed by atoms with Crippen LogP contribution in [0.25, 0.3) is 0 Å². The molecule has 1 aliphatic carbocycles. The standard InChI is InChI=1S/C19H20Cl2FN3O2/c1-27-13-9-12-6-8-25(17(12)15(21)16(13)22)18-19(26)24(10-14(20)23-18)7-2-3-11-4-5-11/h9-11H,2-8H2,1H3. The second kappa shape index (κ2) is 7.32. The number of anilines is 2. The molecule has 2 heterocycles. The van der Waals surface area contributed by atoms with Gasteiger partial charge in [-0.3, -0.25) is 4.79 Å². The van der Waals surface area contributed by atoms with Gasteiger partial charge < -0.3 is 14.2 Å². The van der Waals surface area contributed by atoms with Gasteiger partial charge in [0, 0.05) is 19.3 Å². The SMILES string of the molecule is COc1cc2c(c(Cl)c1F)N(c1nc(Cl)cn(CCCC3CC3)c1=O)CC2. The summed E-state index contributed by atoms with van der Waals surface area (Å²) < 4.78 is 21.1. The summed E-state index contributed by atoms with van der Waals surface area (Å²) in [7, 11) is 1.40. The average Bonchev–Trinajstić information content (AvgIpc) is 3.38. The minimum Gasteiger partial charge on any atom is -0.494 e. The summed E-state index contributed by atoms with van der Waals surface area (Å²) in [5, 5.41) is 0.165. The molecule has 1 aromatic carbocycles. The van der Waals surface area contributed by atoms with Crippen molar-refractivity contribution in [1.82, 2.24) is 9.55 Å². The first-order chi connectivity index (χ1) is 13.0. The lowest BCUT2D eigenvalue weighted by Gasteiger charge is -2.21. The maximum absolute atomic E-state index is 14.4. The van der Waals surface area contributed by atoms with Crippen LogP contribution in [0.5, 0.6) is 5.75 Å². The summed E-state index contributed by atoms with van der Waals surface area (Å²) in [4.78, 5) is 18.9. The van der Waals surface area contributed by atoms with Crippen LogP contribution < -0.4 is 15.2 Å². The van der Waals surface area contributed by atoms with Gasteiger partial charge in [-0.2, -0.15) is 0 Å². The normalized spacial score (nSPS) is 15.9. The van der Waals surface area contributed by atoms with Crippen molar-refractivity contribution in [3.8, 4) is 5.75 Å². The van der Waals surface area contributed by atoms with Crippen molar-refractivity contribution in [2.24, 2.45) is 5.92 Å². The number of ether oxygens (including phenoxy) is 1. The third kappa shape index (κ3) is 3.52. The zero-order valence-electron chi connectivity index (χ0n) is 15.0. The molecule has 5 nitrogen and oxygen atoms in total. The highest BCUT2D eigenvalue weighted by Gasteiger charge is 2.30. The molecule has 0 spiro atoms. The minimum atomic E-state index is -0.642. The van der Waals surface area contributed by atoms with Crippen LogP contribution in [0.15, 0.2) is 17.1 Å². The van der Waals surface area contributed by atoms with E-state index in [4.69, 9.17) is 27.9 Å². The molecule has 0 radical (unpaired) electrons. The first-order valence-corrected chi connectivity index (χ1v) is 9.84. The highest BCUT2D eigenvalue weighted by atomic mass is 35.5. The minimum absolute atomic E-state index is 0.0664. The predicted octanol–water partition coefficient (Wildman–Crippen LogP) is 4.58. The molecule has 1 aromatic heterocycles. The van der Waals surface area contributed by atoms with Gasteiger partial charge in [0.2, 0.25) is 5.82 Å². The summed E-state index contributed by atoms with van der Waals surface area (Å²) in [5.41, 5.74) is 1.04. The Bertz CT molecular complexity index is 944. The molecule has 1 saturated carbocycles. The van der Waals surface area contributed by atoms with E-state index in [-0.39, 0.29) is 27.3 Å². The number of benzene rings is 1. The van der Waals surface area contributed by atoms with Crippen LogP contribution in [0.3, 0.4) is 0 Å². The Labute approximate surface area is 166 Å². The average molecular weight is 412 g/mol. The Morgan fingerprint density at radius 1 is 1.37 bits per heavy atom. The fourth-order valence-corrected chi connectivity index (χ4v) is 4.14. The third-order valence-corrected chi connectivity index (χ3v) is 5.74. The van der Waals surface area contributed by atoms with E-state index in [0.717, 1.165) is 24.3 Å². The van der Waals surface area contributed by atoms with Crippen LogP contribution in [0.2, 0.25) is 10.2 Å². The lowest BCUT2D eigenvalue weighted by Crippen LogP contribution is -2.30. The maximum Gasteiger partial charge on any atom is 0.293 e. The third-order valence-electron chi connectivity index (χ3n) is 5.21. The van der Waals surface area contributed by atoms with Crippen LogP contribution in [-0.2, 0) is 13.0 Å². The van der Waals surface area contributed by atoms with Gasteiger partial charge in [-0.15, -0.1) is 0 Å². The largest absolute Gasteiger partial charge is 0.494 e. The van der Waals surface area contributed by atoms with Crippen molar-refractivity contribution in [3.05, 3.63) is 44.2 Å². The van der Waals surface area contributed by atoms with Crippen molar-refractivity contribution in [1.29, 1.82) is 0 Å². The number of aryl methyl sites for hydroxylation is 1. The second-order valence-electron chi connectivity index (χ2n) is 7.09. The quantitative estimate of drug-likeness (QED) is 0.697. The fraction of sp³-hybridized carbons (Fsp3) is 0.474. The number of rotatable bonds is 6. The topological polar surface area (TPSA) is 47.4 Å². The van der Waals surface area contributed by atoms with E-state index >= 15 is 0 Å². The molecule has 144 valence electrons. The monoisotopic (exact) mass is 411 g/mol. The lowest BCUT2D eigenvalue weighted by atomic mass is 10.1. The van der Waals surface area contributed by atoms with Gasteiger partial charge in [-0.25, -0.2) is 9.37 Å². The van der Waals surface area contributed by atoms with Crippen LogP contribution in [-0.4, -0.2) is 23.2 Å². The first-order valence-electron chi connectivity index (χ1n) is 9.09. The van der Waals surface area contributed by atoms with E-state index in [2.05, 4.69) is 4.98 Å². The highest BCUT2D eigenvalue weighted by molar-refractivity contribution is 6.34. The summed E-state index contributed by atoms with van der Waals surface area (Å²) in [6.45, 7) is 1.07. The fourth-order valence-electron chi connectivity index (χ4n) is 3.62. The molecule has 1 aliphatic heterocycles. The van der Waals surface area contributed by atoms with Gasteiger partial charge in [0.1, 0.15) is 10.2 Å². The molecule has 0 N–H and O–H groups in total. The highest BCUT2D eigenvalue weighted by Crippen LogP contribution is 2.43. The second-order valence-corrected chi connectivity index (χ2v) is 7.85. The van der Waals surface area contributed by atoms with E-state index in [1.807, 2.05) is 0 Å². The molecule has 0 saturated heterocycles. The Balaban J connectivity index is 1.70. The number of hydrogen-bond donors (Lipinski definition) is 0. The summed E-state index contributed by atoms with van der Waals surface area (Å²) >= 11 is 12.4. The van der Waals surface area contributed by atoms with Gasteiger partial charge in [0.15, 0.2) is 11.6 Å². The maximum atomic E-state index is 14.4. The van der Waals surface area contributed by atoms with Crippen molar-refractivity contribution >= 4 is 34.7 Å². The molecule has 2 aromatic rings. The van der Waals surface area contributed by atoms with E-state index < -0.39 is 5.82 Å². The van der Waals surface area contributed by atoms with Gasteiger partial charge >= 0.3 is 0 Å². The van der Waals surface area contributed by atoms with Crippen molar-refractivity contribution < 1.29 is 9.13 Å². The van der Waals surface area contributed by atoms with Gasteiger partial charge in [-0.05, 0) is 36.8 Å². The van der Waals surface area contributed by atoms with Gasteiger partial charge in [0.05, 0.1) is 12.8 Å². The van der Waals surface area contributed by atoms with E-state index in [0.29, 0.717) is 25.2 Å².